The van der Waals surface area contributed by atoms with Crippen LogP contribution in [0.3, 0.4) is 0 Å². The molecule has 0 bridgehead atoms. The van der Waals surface area contributed by atoms with Crippen molar-refractivity contribution in [1.82, 2.24) is 4.90 Å². The second-order valence-electron chi connectivity index (χ2n) is 10.1. The number of phenols is 1. The van der Waals surface area contributed by atoms with Crippen molar-refractivity contribution < 1.29 is 34.2 Å². The van der Waals surface area contributed by atoms with Gasteiger partial charge in [-0.15, -0.1) is 0 Å². The van der Waals surface area contributed by atoms with E-state index in [1.54, 1.807) is 39.2 Å². The first-order valence-corrected chi connectivity index (χ1v) is 11.3. The molecule has 3 aliphatic carbocycles. The number of anilines is 1. The van der Waals surface area contributed by atoms with Crippen molar-refractivity contribution in [3.63, 3.8) is 0 Å². The Balaban J connectivity index is 1.92. The monoisotopic (exact) mass is 483 g/mol. The van der Waals surface area contributed by atoms with Gasteiger partial charge in [0.25, 0.3) is 0 Å². The van der Waals surface area contributed by atoms with Gasteiger partial charge >= 0.3 is 0 Å². The van der Waals surface area contributed by atoms with E-state index in [1.165, 1.54) is 11.0 Å². The van der Waals surface area contributed by atoms with Crippen LogP contribution in [0.25, 0.3) is 6.08 Å². The van der Waals surface area contributed by atoms with Crippen LogP contribution >= 0.6 is 0 Å². The summed E-state index contributed by atoms with van der Waals surface area (Å²) < 4.78 is 0. The fourth-order valence-corrected chi connectivity index (χ4v) is 6.23. The van der Waals surface area contributed by atoms with Crippen LogP contribution in [0, 0.1) is 23.7 Å². The molecule has 1 aromatic carbocycles. The van der Waals surface area contributed by atoms with Crippen LogP contribution in [0.1, 0.15) is 27.9 Å². The maximum Gasteiger partial charge on any atom is 0.235 e. The number of hydrogen-bond donors (Lipinski definition) is 3. The third-order valence-corrected chi connectivity index (χ3v) is 7.77. The summed E-state index contributed by atoms with van der Waals surface area (Å²) in [5, 5.41) is 22.4. The Kier molecular flexibility index (Phi) is 5.72. The number of rotatable bonds is 4. The molecule has 186 valence electrons. The number of likely N-dealkylation sites (N-methyl/N-ethyl adjacent to an activating group) is 1. The van der Waals surface area contributed by atoms with E-state index in [-0.39, 0.29) is 24.2 Å². The summed E-state index contributed by atoms with van der Waals surface area (Å²) in [6.45, 7) is 3.67. The molecular weight excluding hydrogens is 454 g/mol. The number of nitrogens with zero attached hydrogens (tertiary/aromatic N) is 2. The zero-order valence-electron chi connectivity index (χ0n) is 20.1. The van der Waals surface area contributed by atoms with Crippen molar-refractivity contribution in [2.45, 2.75) is 24.5 Å². The highest BCUT2D eigenvalue weighted by atomic mass is 16.3. The minimum Gasteiger partial charge on any atom is -0.507 e. The molecule has 10 heteroatoms. The standard InChI is InChI=1S/C25H29N3O7/c1-6-10-9-14(27(2)3)12-7-11-8-13-18(28(4)5)21(31)17(24(26)34)23(33)25(13,35)22(32)15(11)20(30)16(12)19(10)29/h6,9,11,13,15,17-18,29,35H,1,7-8H2,2-5H3,(H2,26,34)/t11-,13-,15?,17?,18-,25-/m1/s1. The summed E-state index contributed by atoms with van der Waals surface area (Å²) in [5.74, 6) is -10.6. The minimum atomic E-state index is -2.73. The van der Waals surface area contributed by atoms with Gasteiger partial charge in [0.1, 0.15) is 5.75 Å². The van der Waals surface area contributed by atoms with Crippen molar-refractivity contribution in [3.8, 4) is 5.75 Å². The van der Waals surface area contributed by atoms with Crippen LogP contribution in [-0.4, -0.2) is 84.0 Å². The molecule has 35 heavy (non-hydrogen) atoms. The first kappa shape index (κ1) is 24.7. The topological polar surface area (TPSA) is 158 Å². The average molecular weight is 484 g/mol. The van der Waals surface area contributed by atoms with Crippen LogP contribution in [0.4, 0.5) is 5.69 Å². The zero-order valence-corrected chi connectivity index (χ0v) is 20.1. The highest BCUT2D eigenvalue weighted by molar-refractivity contribution is 6.32. The highest BCUT2D eigenvalue weighted by Crippen LogP contribution is 2.52. The minimum absolute atomic E-state index is 0.0146. The third-order valence-electron chi connectivity index (χ3n) is 7.77. The molecule has 6 atom stereocenters. The summed E-state index contributed by atoms with van der Waals surface area (Å²) in [6.07, 6.45) is 1.62. The second-order valence-corrected chi connectivity index (χ2v) is 10.1. The Morgan fingerprint density at radius 3 is 2.31 bits per heavy atom. The van der Waals surface area contributed by atoms with Crippen molar-refractivity contribution in [3.05, 3.63) is 29.3 Å². The number of carbonyl (C=O) groups excluding carboxylic acids is 5. The number of aliphatic hydroxyl groups is 1. The number of carbonyl (C=O) groups is 5. The van der Waals surface area contributed by atoms with Crippen LogP contribution in [0.2, 0.25) is 0 Å². The molecule has 2 saturated carbocycles. The van der Waals surface area contributed by atoms with E-state index in [4.69, 9.17) is 5.73 Å². The van der Waals surface area contributed by atoms with Gasteiger partial charge in [-0.25, -0.2) is 0 Å². The van der Waals surface area contributed by atoms with Gasteiger partial charge < -0.3 is 20.8 Å². The van der Waals surface area contributed by atoms with Gasteiger partial charge in [-0.05, 0) is 44.5 Å². The number of aromatic hydroxyl groups is 1. The molecule has 1 amide bonds. The zero-order chi connectivity index (χ0) is 26.1. The molecule has 0 radical (unpaired) electrons. The summed E-state index contributed by atoms with van der Waals surface area (Å²) in [4.78, 5) is 69.1. The fraction of sp³-hybridized carbons (Fsp3) is 0.480. The summed E-state index contributed by atoms with van der Waals surface area (Å²) in [6, 6.07) is 0.574. The summed E-state index contributed by atoms with van der Waals surface area (Å²) in [5.41, 5.74) is 4.07. The Morgan fingerprint density at radius 2 is 1.80 bits per heavy atom. The van der Waals surface area contributed by atoms with Crippen LogP contribution in [0.15, 0.2) is 12.6 Å². The van der Waals surface area contributed by atoms with E-state index in [0.717, 1.165) is 0 Å². The summed E-state index contributed by atoms with van der Waals surface area (Å²) >= 11 is 0. The first-order valence-electron chi connectivity index (χ1n) is 11.3. The van der Waals surface area contributed by atoms with Gasteiger partial charge in [0.2, 0.25) is 5.91 Å². The van der Waals surface area contributed by atoms with Crippen molar-refractivity contribution >= 4 is 40.8 Å². The van der Waals surface area contributed by atoms with Gasteiger partial charge in [-0.3, -0.25) is 28.9 Å². The van der Waals surface area contributed by atoms with E-state index < -0.39 is 64.4 Å². The molecule has 4 N–H and O–H groups in total. The molecule has 2 unspecified atom stereocenters. The first-order chi connectivity index (χ1) is 16.3. The number of nitrogens with two attached hydrogens (primary N) is 1. The van der Waals surface area contributed by atoms with Gasteiger partial charge in [-0.2, -0.15) is 0 Å². The number of amides is 1. The number of fused-ring (bicyclic) bond motifs is 3. The number of benzene rings is 1. The molecule has 0 saturated heterocycles. The molecule has 2 fully saturated rings. The largest absolute Gasteiger partial charge is 0.507 e. The molecular formula is C25H29N3O7. The summed E-state index contributed by atoms with van der Waals surface area (Å²) in [7, 11) is 6.66. The lowest BCUT2D eigenvalue weighted by Crippen LogP contribution is -2.74. The number of ketones is 4. The van der Waals surface area contributed by atoms with E-state index in [0.29, 0.717) is 16.8 Å². The Morgan fingerprint density at radius 1 is 1.17 bits per heavy atom. The van der Waals surface area contributed by atoms with Crippen molar-refractivity contribution in [2.75, 3.05) is 33.1 Å². The van der Waals surface area contributed by atoms with Crippen molar-refractivity contribution in [1.29, 1.82) is 0 Å². The Labute approximate surface area is 202 Å². The molecule has 0 heterocycles. The molecule has 1 aromatic rings. The fourth-order valence-electron chi connectivity index (χ4n) is 6.23. The van der Waals surface area contributed by atoms with E-state index >= 15 is 0 Å². The van der Waals surface area contributed by atoms with Gasteiger partial charge in [0, 0.05) is 31.3 Å². The normalized spacial score (nSPS) is 32.1. The van der Waals surface area contributed by atoms with Crippen LogP contribution in [-0.2, 0) is 25.6 Å². The van der Waals surface area contributed by atoms with E-state index in [9.17, 15) is 34.2 Å². The third kappa shape index (κ3) is 3.20. The number of hydrogen-bond acceptors (Lipinski definition) is 9. The van der Waals surface area contributed by atoms with Crippen molar-refractivity contribution in [2.24, 2.45) is 29.4 Å². The molecule has 0 spiro atoms. The van der Waals surface area contributed by atoms with Crippen LogP contribution < -0.4 is 10.6 Å². The van der Waals surface area contributed by atoms with Gasteiger partial charge in [0.15, 0.2) is 34.7 Å². The van der Waals surface area contributed by atoms with E-state index in [2.05, 4.69) is 6.58 Å². The lowest BCUT2D eigenvalue weighted by atomic mass is 9.52. The maximum atomic E-state index is 13.8. The maximum absolute atomic E-state index is 13.8. The Hall–Kier alpha value is -3.37. The number of phenolic OH excluding ortho intramolecular Hbond substituents is 1. The SMILES string of the molecule is C=Cc1cc(N(C)C)c2c(c1O)C(=O)C1C(=O)[C@@]3(O)C(=O)C(C(N)=O)C(=O)[C@H](N(C)C)[C@H]3C[C@H]1C2. The van der Waals surface area contributed by atoms with Gasteiger partial charge in [-0.1, -0.05) is 12.7 Å². The van der Waals surface area contributed by atoms with Gasteiger partial charge in [0.05, 0.1) is 17.5 Å². The molecule has 10 nitrogen and oxygen atoms in total. The predicted octanol–water partition coefficient (Wildman–Crippen LogP) is -0.424. The highest BCUT2D eigenvalue weighted by Gasteiger charge is 2.69. The molecule has 0 aliphatic heterocycles. The molecule has 4 rings (SSSR count). The number of primary amides is 1. The smallest absolute Gasteiger partial charge is 0.235 e. The predicted molar refractivity (Wildman–Crippen MR) is 126 cm³/mol. The molecule has 3 aliphatic rings. The second kappa shape index (κ2) is 8.10. The van der Waals surface area contributed by atoms with E-state index in [1.807, 2.05) is 0 Å². The average Bonchev–Trinajstić information content (AvgIpc) is 2.75. The Bertz CT molecular complexity index is 1200. The quantitative estimate of drug-likeness (QED) is 0.483. The number of Topliss-reactive ketones (excluding diaryl/α,β-unsaturated/α-hetero) is 4. The lowest BCUT2D eigenvalue weighted by Gasteiger charge is -2.52. The molecule has 0 aromatic heterocycles. The lowest BCUT2D eigenvalue weighted by molar-refractivity contribution is -0.181. The van der Waals surface area contributed by atoms with Crippen LogP contribution in [0.5, 0.6) is 5.75 Å².